The van der Waals surface area contributed by atoms with Crippen molar-refractivity contribution in [2.24, 2.45) is 0 Å². The van der Waals surface area contributed by atoms with Crippen LogP contribution in [0.25, 0.3) is 0 Å². The van der Waals surface area contributed by atoms with Crippen molar-refractivity contribution >= 4 is 11.6 Å². The fourth-order valence-corrected chi connectivity index (χ4v) is 0.334. The Morgan fingerprint density at radius 2 is 1.25 bits per heavy atom. The Kier molecular flexibility index (Phi) is 58.0. The van der Waals surface area contributed by atoms with Crippen molar-refractivity contribution in [1.82, 2.24) is 0 Å². The Bertz CT molecular complexity index is 180. The van der Waals surface area contributed by atoms with Gasteiger partial charge < -0.3 is 23.1 Å². The second kappa shape index (κ2) is 36.3. The van der Waals surface area contributed by atoms with E-state index in [-0.39, 0.29) is 18.3 Å². The van der Waals surface area contributed by atoms with Crippen LogP contribution >= 0.6 is 0 Å². The van der Waals surface area contributed by atoms with E-state index >= 15 is 0 Å². The molecule has 0 spiro atoms. The van der Waals surface area contributed by atoms with Crippen LogP contribution in [0.5, 0.6) is 0 Å². The average molecular weight is 326 g/mol. The summed E-state index contributed by atoms with van der Waals surface area (Å²) in [6.45, 7) is 12.2. The predicted molar refractivity (Wildman–Crippen MR) is 76.7 cm³/mol. The van der Waals surface area contributed by atoms with Gasteiger partial charge in [0.2, 0.25) is 0 Å². The molecular weight excluding hydrogens is 296 g/mol. The molecule has 0 heterocycles. The van der Waals surface area contributed by atoms with Crippen LogP contribution in [-0.2, 0) is 33.3 Å². The van der Waals surface area contributed by atoms with E-state index in [0.717, 1.165) is 20.4 Å². The predicted octanol–water partition coefficient (Wildman–Crippen LogP) is 2.25. The maximum absolute atomic E-state index is 10.2. The zero-order valence-corrected chi connectivity index (χ0v) is 15.3. The van der Waals surface area contributed by atoms with Gasteiger partial charge in [-0.05, 0) is 20.8 Å². The Balaban J connectivity index is -0.0000000531. The van der Waals surface area contributed by atoms with E-state index in [1.54, 1.807) is 13.8 Å². The van der Waals surface area contributed by atoms with E-state index in [1.807, 2.05) is 40.5 Å². The summed E-state index contributed by atoms with van der Waals surface area (Å²) in [4.78, 5) is 20.2. The molecule has 20 heavy (non-hydrogen) atoms. The van der Waals surface area contributed by atoms with Crippen LogP contribution in [-0.4, -0.2) is 34.5 Å². The van der Waals surface area contributed by atoms with Gasteiger partial charge in [0.05, 0.1) is 6.42 Å². The molecule has 5 nitrogen and oxygen atoms in total. The van der Waals surface area contributed by atoms with E-state index < -0.39 is 12.4 Å². The third kappa shape index (κ3) is 150. The van der Waals surface area contributed by atoms with Crippen LogP contribution in [0.2, 0.25) is 0 Å². The Hall–Kier alpha value is -0.226. The summed E-state index contributed by atoms with van der Waals surface area (Å²) in [5.41, 5.74) is 0. The summed E-state index contributed by atoms with van der Waals surface area (Å²) in [6, 6.07) is 0. The van der Waals surface area contributed by atoms with Crippen molar-refractivity contribution in [3.63, 3.8) is 0 Å². The van der Waals surface area contributed by atoms with E-state index in [0.29, 0.717) is 0 Å². The minimum absolute atomic E-state index is 0.142. The van der Waals surface area contributed by atoms with Crippen molar-refractivity contribution in [3.05, 3.63) is 12.8 Å². The molecule has 0 fully saturated rings. The first-order valence-electron chi connectivity index (χ1n) is 6.21. The minimum atomic E-state index is -0.528. The number of aliphatic hydroxyl groups is 2. The Labute approximate surface area is 135 Å². The summed E-state index contributed by atoms with van der Waals surface area (Å²) >= 11 is 0.750. The van der Waals surface area contributed by atoms with Crippen LogP contribution in [0.3, 0.4) is 0 Å². The molecule has 0 aliphatic heterocycles. The molecule has 0 rings (SSSR count). The maximum atomic E-state index is 10.2. The second-order valence-corrected chi connectivity index (χ2v) is 3.82. The van der Waals surface area contributed by atoms with Crippen molar-refractivity contribution in [2.45, 2.75) is 61.0 Å². The molecule has 0 aromatic carbocycles. The number of rotatable bonds is 3. The third-order valence-electron chi connectivity index (χ3n) is 0.622. The van der Waals surface area contributed by atoms with Crippen molar-refractivity contribution < 1.29 is 43.5 Å². The number of Topliss-reactive ketones (excluding diaryl/α,β-unsaturated/α-hetero) is 2. The molecule has 120 valence electrons. The van der Waals surface area contributed by atoms with Gasteiger partial charge in [-0.2, -0.15) is 27.7 Å². The van der Waals surface area contributed by atoms with Crippen LogP contribution in [0, 0.1) is 12.8 Å². The number of carbonyl (C=O) groups excluding carboxylic acids is 2. The number of hydrogen-bond donors (Lipinski definition) is 2. The van der Waals surface area contributed by atoms with Gasteiger partial charge in [-0.25, -0.2) is 0 Å². The fraction of sp³-hybridized carbons (Fsp3) is 0.714. The van der Waals surface area contributed by atoms with Gasteiger partial charge in [-0.15, -0.1) is 0 Å². The molecule has 2 N–H and O–H groups in total. The van der Waals surface area contributed by atoms with Crippen molar-refractivity contribution in [1.29, 1.82) is 0 Å². The normalized spacial score (nSPS) is 7.40. The van der Waals surface area contributed by atoms with E-state index in [4.69, 9.17) is 13.5 Å². The third-order valence-corrected chi connectivity index (χ3v) is 0.622. The summed E-state index contributed by atoms with van der Waals surface area (Å²) < 4.78 is 8.25. The number of hydrogen-bond acceptors (Lipinski definition) is 5. The molecule has 0 aliphatic rings. The first kappa shape index (κ1) is 31.9. The average Bonchev–Trinajstić information content (AvgIpc) is 2.32. The van der Waals surface area contributed by atoms with Gasteiger partial charge in [0, 0.05) is 6.10 Å². The summed E-state index contributed by atoms with van der Waals surface area (Å²) in [7, 11) is 0. The first-order chi connectivity index (χ1) is 9.22. The zero-order chi connectivity index (χ0) is 17.6. The van der Waals surface area contributed by atoms with Gasteiger partial charge in [0.15, 0.2) is 5.78 Å². The molecule has 6 heteroatoms. The van der Waals surface area contributed by atoms with Crippen LogP contribution in [0.1, 0.15) is 54.9 Å². The number of aliphatic hydroxyl groups excluding tert-OH is 2. The van der Waals surface area contributed by atoms with Crippen molar-refractivity contribution in [2.75, 3.05) is 6.61 Å². The van der Waals surface area contributed by atoms with Crippen molar-refractivity contribution in [3.8, 4) is 0 Å². The van der Waals surface area contributed by atoms with Crippen LogP contribution in [0.15, 0.2) is 0 Å². The first-order valence-corrected chi connectivity index (χ1v) is 6.85. The number of carbonyl (C=O) groups is 2. The van der Waals surface area contributed by atoms with Gasteiger partial charge >= 0.3 is 23.7 Å². The Morgan fingerprint density at radius 3 is 1.30 bits per heavy atom. The van der Waals surface area contributed by atoms with Gasteiger partial charge in [0.1, 0.15) is 12.4 Å². The molecule has 0 bridgehead atoms. The molecular formula is C14H30O5Ti. The standard InChI is InChI=1S/C5H8O3.C3H8O.2C3H7.O.Ti/c1-4(7)2-5(8)3-6;1-3(2)4;2*1-3-2;;/h6H,2-3H2,1H3;3-4H,1-2H3;2*3H,1-2H3;;/q;;2*-1;;+2. The molecule has 0 radical (unpaired) electrons. The fourth-order valence-electron chi connectivity index (χ4n) is 0.334. The monoisotopic (exact) mass is 326 g/mol. The SMILES string of the molecule is CC(=O)CC(=O)CO.CC(C)O.C[CH-]C.C[CH-]C.[O]=[Ti+2]. The molecule has 0 aromatic rings. The summed E-state index contributed by atoms with van der Waals surface area (Å²) in [6.07, 6.45) is 3.69. The van der Waals surface area contributed by atoms with Crippen LogP contribution in [0.4, 0.5) is 0 Å². The quantitative estimate of drug-likeness (QED) is 0.471. The van der Waals surface area contributed by atoms with Gasteiger partial charge in [-0.3, -0.25) is 9.59 Å². The molecule has 0 amide bonds. The topological polar surface area (TPSA) is 91.7 Å². The van der Waals surface area contributed by atoms with Gasteiger partial charge in [-0.1, -0.05) is 0 Å². The van der Waals surface area contributed by atoms with E-state index in [1.165, 1.54) is 6.92 Å². The Morgan fingerprint density at radius 1 is 1.05 bits per heavy atom. The van der Waals surface area contributed by atoms with Gasteiger partial charge in [0.25, 0.3) is 0 Å². The molecule has 0 aromatic heterocycles. The zero-order valence-electron chi connectivity index (χ0n) is 13.8. The summed E-state index contributed by atoms with van der Waals surface area (Å²) in [5, 5.41) is 16.1. The molecule has 0 saturated heterocycles. The van der Waals surface area contributed by atoms with E-state index in [2.05, 4.69) is 0 Å². The van der Waals surface area contributed by atoms with Crippen LogP contribution < -0.4 is 0 Å². The summed E-state index contributed by atoms with van der Waals surface area (Å²) in [5.74, 6) is -0.624. The molecule has 0 aliphatic carbocycles. The number of ketones is 2. The molecule has 0 unspecified atom stereocenters. The second-order valence-electron chi connectivity index (χ2n) is 3.82. The molecule has 0 saturated carbocycles. The molecule has 0 atom stereocenters. The van der Waals surface area contributed by atoms with E-state index in [9.17, 15) is 9.59 Å².